The maximum Gasteiger partial charge on any atom is 0.123 e. The maximum absolute atomic E-state index is 9.16. The van der Waals surface area contributed by atoms with Crippen molar-refractivity contribution in [3.05, 3.63) is 41.0 Å². The Labute approximate surface area is 127 Å². The molecular formula is C14H14ClN3OS. The summed E-state index contributed by atoms with van der Waals surface area (Å²) in [7, 11) is 1.63. The summed E-state index contributed by atoms with van der Waals surface area (Å²) in [5.41, 5.74) is 7.14. The zero-order valence-electron chi connectivity index (χ0n) is 11.0. The lowest BCUT2D eigenvalue weighted by Crippen LogP contribution is -2.07. The van der Waals surface area contributed by atoms with Crippen molar-refractivity contribution in [1.82, 2.24) is 4.57 Å². The molecular weight excluding hydrogens is 294 g/mol. The minimum atomic E-state index is 0.525. The predicted molar refractivity (Wildman–Crippen MR) is 81.0 cm³/mol. The average Bonchev–Trinajstić information content (AvgIpc) is 2.75. The van der Waals surface area contributed by atoms with E-state index in [-0.39, 0.29) is 0 Å². The van der Waals surface area contributed by atoms with Gasteiger partial charge in [0.1, 0.15) is 16.8 Å². The van der Waals surface area contributed by atoms with Gasteiger partial charge in [-0.25, -0.2) is 0 Å². The summed E-state index contributed by atoms with van der Waals surface area (Å²) in [6, 6.07) is 11.3. The molecule has 0 amide bonds. The zero-order valence-corrected chi connectivity index (χ0v) is 12.5. The van der Waals surface area contributed by atoms with Crippen LogP contribution in [-0.4, -0.2) is 18.3 Å². The summed E-state index contributed by atoms with van der Waals surface area (Å²) in [5, 5.41) is 10.7. The first kappa shape index (κ1) is 14.8. The summed E-state index contributed by atoms with van der Waals surface area (Å²) < 4.78 is 6.95. The molecule has 4 nitrogen and oxygen atoms in total. The van der Waals surface area contributed by atoms with Gasteiger partial charge >= 0.3 is 0 Å². The van der Waals surface area contributed by atoms with Crippen molar-refractivity contribution >= 4 is 29.1 Å². The lowest BCUT2D eigenvalue weighted by molar-refractivity contribution is 0.185. The van der Waals surface area contributed by atoms with E-state index in [4.69, 9.17) is 27.3 Å². The highest BCUT2D eigenvalue weighted by molar-refractivity contribution is 7.99. The number of nitriles is 1. The fourth-order valence-electron chi connectivity index (χ4n) is 1.78. The highest BCUT2D eigenvalue weighted by Gasteiger charge is 2.14. The predicted octanol–water partition coefficient (Wildman–Crippen LogP) is 3.39. The van der Waals surface area contributed by atoms with E-state index < -0.39 is 0 Å². The summed E-state index contributed by atoms with van der Waals surface area (Å²) in [4.78, 5) is 1.02. The van der Waals surface area contributed by atoms with Crippen LogP contribution in [-0.2, 0) is 11.3 Å². The second-order valence-corrected chi connectivity index (χ2v) is 5.60. The Morgan fingerprint density at radius 1 is 1.40 bits per heavy atom. The van der Waals surface area contributed by atoms with Gasteiger partial charge in [-0.05, 0) is 30.3 Å². The molecule has 2 N–H and O–H groups in total. The number of nitrogens with zero attached hydrogens (tertiary/aromatic N) is 2. The standard InChI is InChI=1S/C14H14ClN3OS/c1-19-7-6-18-11(9-16)8-13(17)14(18)20-12-4-2-10(15)3-5-12/h2-5,8H,6-7,17H2,1H3. The van der Waals surface area contributed by atoms with E-state index in [1.807, 2.05) is 28.8 Å². The van der Waals surface area contributed by atoms with Crippen molar-refractivity contribution in [3.63, 3.8) is 0 Å². The summed E-state index contributed by atoms with van der Waals surface area (Å²) in [6.07, 6.45) is 0. The van der Waals surface area contributed by atoms with Gasteiger partial charge in [0.05, 0.1) is 12.3 Å². The Morgan fingerprint density at radius 3 is 2.70 bits per heavy atom. The van der Waals surface area contributed by atoms with Crippen LogP contribution >= 0.6 is 23.4 Å². The largest absolute Gasteiger partial charge is 0.397 e. The van der Waals surface area contributed by atoms with Crippen LogP contribution in [0.3, 0.4) is 0 Å². The molecule has 2 rings (SSSR count). The van der Waals surface area contributed by atoms with E-state index in [1.165, 1.54) is 11.8 Å². The highest BCUT2D eigenvalue weighted by Crippen LogP contribution is 2.35. The molecule has 20 heavy (non-hydrogen) atoms. The maximum atomic E-state index is 9.16. The molecule has 1 aromatic heterocycles. The molecule has 6 heteroatoms. The van der Waals surface area contributed by atoms with Crippen molar-refractivity contribution < 1.29 is 4.74 Å². The number of nitrogens with two attached hydrogens (primary N) is 1. The zero-order chi connectivity index (χ0) is 14.5. The van der Waals surface area contributed by atoms with Gasteiger partial charge in [-0.15, -0.1) is 0 Å². The quantitative estimate of drug-likeness (QED) is 0.919. The molecule has 0 aliphatic carbocycles. The molecule has 0 saturated carbocycles. The van der Waals surface area contributed by atoms with E-state index >= 15 is 0 Å². The Hall–Kier alpha value is -1.61. The third-order valence-corrected chi connectivity index (χ3v) is 4.15. The van der Waals surface area contributed by atoms with E-state index in [1.54, 1.807) is 13.2 Å². The number of anilines is 1. The number of nitrogen functional groups attached to an aromatic ring is 1. The fraction of sp³-hybridized carbons (Fsp3) is 0.214. The number of hydrogen-bond donors (Lipinski definition) is 1. The second-order valence-electron chi connectivity index (χ2n) is 4.10. The van der Waals surface area contributed by atoms with Gasteiger partial charge in [0.2, 0.25) is 0 Å². The lowest BCUT2D eigenvalue weighted by atomic mass is 10.4. The summed E-state index contributed by atoms with van der Waals surface area (Å²) >= 11 is 7.38. The third kappa shape index (κ3) is 3.28. The molecule has 1 heterocycles. The molecule has 1 aromatic carbocycles. The molecule has 0 atom stereocenters. The van der Waals surface area contributed by atoms with Gasteiger partial charge < -0.3 is 15.0 Å². The average molecular weight is 308 g/mol. The molecule has 0 unspecified atom stereocenters. The van der Waals surface area contributed by atoms with E-state index in [2.05, 4.69) is 6.07 Å². The number of aromatic nitrogens is 1. The second kappa shape index (κ2) is 6.71. The minimum absolute atomic E-state index is 0.525. The normalized spacial score (nSPS) is 10.4. The summed E-state index contributed by atoms with van der Waals surface area (Å²) in [6.45, 7) is 1.11. The Bertz CT molecular complexity index is 631. The van der Waals surface area contributed by atoms with Crippen LogP contribution in [0.5, 0.6) is 0 Å². The lowest BCUT2D eigenvalue weighted by Gasteiger charge is -2.10. The molecule has 0 bridgehead atoms. The van der Waals surface area contributed by atoms with Gasteiger partial charge in [-0.1, -0.05) is 23.4 Å². The third-order valence-electron chi connectivity index (χ3n) is 2.74. The van der Waals surface area contributed by atoms with Crippen LogP contribution in [0.4, 0.5) is 5.69 Å². The molecule has 0 saturated heterocycles. The van der Waals surface area contributed by atoms with Crippen LogP contribution in [0.15, 0.2) is 40.3 Å². The Kier molecular flexibility index (Phi) is 4.96. The van der Waals surface area contributed by atoms with Gasteiger partial charge in [0.15, 0.2) is 0 Å². The van der Waals surface area contributed by atoms with E-state index in [0.717, 1.165) is 9.92 Å². The number of methoxy groups -OCH3 is 1. The number of halogens is 1. The molecule has 0 aliphatic rings. The number of rotatable bonds is 5. The number of ether oxygens (including phenoxy) is 1. The van der Waals surface area contributed by atoms with Gasteiger partial charge in [-0.3, -0.25) is 0 Å². The van der Waals surface area contributed by atoms with Crippen LogP contribution in [0.25, 0.3) is 0 Å². The Balaban J connectivity index is 2.32. The SMILES string of the molecule is COCCn1c(C#N)cc(N)c1Sc1ccc(Cl)cc1. The fourth-order valence-corrected chi connectivity index (χ4v) is 2.88. The van der Waals surface area contributed by atoms with Crippen molar-refractivity contribution in [1.29, 1.82) is 5.26 Å². The van der Waals surface area contributed by atoms with E-state index in [0.29, 0.717) is 29.6 Å². The van der Waals surface area contributed by atoms with Crippen molar-refractivity contribution in [3.8, 4) is 6.07 Å². The number of benzene rings is 1. The van der Waals surface area contributed by atoms with Crippen LogP contribution < -0.4 is 5.73 Å². The Morgan fingerprint density at radius 2 is 2.10 bits per heavy atom. The van der Waals surface area contributed by atoms with Crippen molar-refractivity contribution in [2.24, 2.45) is 0 Å². The first-order valence-corrected chi connectivity index (χ1v) is 7.16. The van der Waals surface area contributed by atoms with Crippen molar-refractivity contribution in [2.45, 2.75) is 16.5 Å². The molecule has 0 spiro atoms. The van der Waals surface area contributed by atoms with Crippen LogP contribution in [0.2, 0.25) is 5.02 Å². The van der Waals surface area contributed by atoms with Gasteiger partial charge in [0, 0.05) is 23.6 Å². The monoisotopic (exact) mass is 307 g/mol. The van der Waals surface area contributed by atoms with Crippen LogP contribution in [0, 0.1) is 11.3 Å². The minimum Gasteiger partial charge on any atom is -0.397 e. The first-order chi connectivity index (χ1) is 9.65. The van der Waals surface area contributed by atoms with Gasteiger partial charge in [0.25, 0.3) is 0 Å². The van der Waals surface area contributed by atoms with E-state index in [9.17, 15) is 0 Å². The topological polar surface area (TPSA) is 64.0 Å². The van der Waals surface area contributed by atoms with Gasteiger partial charge in [-0.2, -0.15) is 5.26 Å². The van der Waals surface area contributed by atoms with Crippen molar-refractivity contribution in [2.75, 3.05) is 19.5 Å². The number of hydrogen-bond acceptors (Lipinski definition) is 4. The smallest absolute Gasteiger partial charge is 0.123 e. The highest BCUT2D eigenvalue weighted by atomic mass is 35.5. The first-order valence-electron chi connectivity index (χ1n) is 5.97. The molecule has 2 aromatic rings. The molecule has 0 fully saturated rings. The molecule has 104 valence electrons. The molecule has 0 radical (unpaired) electrons. The van der Waals surface area contributed by atoms with Crippen LogP contribution in [0.1, 0.15) is 5.69 Å². The molecule has 0 aliphatic heterocycles. The summed E-state index contributed by atoms with van der Waals surface area (Å²) in [5.74, 6) is 0.